The summed E-state index contributed by atoms with van der Waals surface area (Å²) in [7, 11) is 0. The highest BCUT2D eigenvalue weighted by Gasteiger charge is 2.35. The van der Waals surface area contributed by atoms with E-state index in [1.54, 1.807) is 29.2 Å². The molecule has 3 rings (SSSR count). The number of halogens is 1. The molecule has 0 saturated carbocycles. The highest BCUT2D eigenvalue weighted by Crippen LogP contribution is 2.42. The summed E-state index contributed by atoms with van der Waals surface area (Å²) in [6, 6.07) is 12.2. The number of thioether (sulfide) groups is 1. The van der Waals surface area contributed by atoms with Gasteiger partial charge in [0.2, 0.25) is 5.91 Å². The van der Waals surface area contributed by atoms with Crippen molar-refractivity contribution < 1.29 is 9.18 Å². The van der Waals surface area contributed by atoms with Crippen molar-refractivity contribution >= 4 is 29.0 Å². The van der Waals surface area contributed by atoms with E-state index in [1.807, 2.05) is 19.1 Å². The lowest BCUT2D eigenvalue weighted by Crippen LogP contribution is -2.28. The monoisotopic (exact) mass is 302 g/mol. The minimum absolute atomic E-state index is 0.0775. The lowest BCUT2D eigenvalue weighted by atomic mass is 10.1. The molecule has 21 heavy (non-hydrogen) atoms. The molecule has 3 nitrogen and oxygen atoms in total. The van der Waals surface area contributed by atoms with E-state index in [0.29, 0.717) is 17.1 Å². The Morgan fingerprint density at radius 1 is 1.24 bits per heavy atom. The molecule has 0 bridgehead atoms. The standard InChI is InChI=1S/C16H15FN2OS/c1-10-2-7-13(17)14(8-10)19-15(20)9-21-16(19)11-3-5-12(18)6-4-11/h2-8,16H,9,18H2,1H3. The maximum Gasteiger partial charge on any atom is 0.238 e. The van der Waals surface area contributed by atoms with Crippen LogP contribution >= 0.6 is 11.8 Å². The van der Waals surface area contributed by atoms with E-state index >= 15 is 0 Å². The molecular formula is C16H15FN2OS. The molecule has 0 aromatic heterocycles. The fraction of sp³-hybridized carbons (Fsp3) is 0.188. The van der Waals surface area contributed by atoms with Crippen molar-refractivity contribution in [1.29, 1.82) is 0 Å². The minimum Gasteiger partial charge on any atom is -0.399 e. The zero-order valence-corrected chi connectivity index (χ0v) is 12.4. The van der Waals surface area contributed by atoms with Crippen LogP contribution in [0.3, 0.4) is 0 Å². The van der Waals surface area contributed by atoms with Gasteiger partial charge in [0.15, 0.2) is 0 Å². The van der Waals surface area contributed by atoms with Crippen LogP contribution in [0.5, 0.6) is 0 Å². The predicted molar refractivity (Wildman–Crippen MR) is 84.7 cm³/mol. The Bertz CT molecular complexity index is 687. The second kappa shape index (κ2) is 5.41. The molecule has 5 heteroatoms. The largest absolute Gasteiger partial charge is 0.399 e. The predicted octanol–water partition coefficient (Wildman–Crippen LogP) is 3.49. The Morgan fingerprint density at radius 2 is 1.95 bits per heavy atom. The zero-order valence-electron chi connectivity index (χ0n) is 11.5. The number of nitrogen functional groups attached to an aromatic ring is 1. The first-order valence-corrected chi connectivity index (χ1v) is 7.66. The first-order chi connectivity index (χ1) is 10.1. The molecule has 2 aromatic rings. The maximum absolute atomic E-state index is 14.1. The number of hydrogen-bond donors (Lipinski definition) is 1. The van der Waals surface area contributed by atoms with Crippen LogP contribution in [-0.2, 0) is 4.79 Å². The summed E-state index contributed by atoms with van der Waals surface area (Å²) in [6.07, 6.45) is 0. The molecule has 2 N–H and O–H groups in total. The van der Waals surface area contributed by atoms with E-state index in [0.717, 1.165) is 11.1 Å². The van der Waals surface area contributed by atoms with Crippen LogP contribution in [0.4, 0.5) is 15.8 Å². The topological polar surface area (TPSA) is 46.3 Å². The second-order valence-electron chi connectivity index (χ2n) is 5.05. The van der Waals surface area contributed by atoms with E-state index in [4.69, 9.17) is 5.73 Å². The number of carbonyl (C=O) groups excluding carboxylic acids is 1. The second-order valence-corrected chi connectivity index (χ2v) is 6.12. The van der Waals surface area contributed by atoms with Crippen LogP contribution in [-0.4, -0.2) is 11.7 Å². The quantitative estimate of drug-likeness (QED) is 0.864. The molecule has 0 aliphatic carbocycles. The summed E-state index contributed by atoms with van der Waals surface area (Å²) < 4.78 is 14.1. The van der Waals surface area contributed by atoms with Gasteiger partial charge in [-0.3, -0.25) is 9.69 Å². The summed E-state index contributed by atoms with van der Waals surface area (Å²) in [4.78, 5) is 13.7. The van der Waals surface area contributed by atoms with Crippen molar-refractivity contribution in [3.63, 3.8) is 0 Å². The van der Waals surface area contributed by atoms with E-state index in [1.165, 1.54) is 17.8 Å². The summed E-state index contributed by atoms with van der Waals surface area (Å²) in [5.74, 6) is -0.106. The molecule has 1 aliphatic rings. The van der Waals surface area contributed by atoms with Crippen LogP contribution in [0, 0.1) is 12.7 Å². The third-order valence-corrected chi connectivity index (χ3v) is 4.66. The molecule has 1 fully saturated rings. The van der Waals surface area contributed by atoms with Crippen molar-refractivity contribution in [2.45, 2.75) is 12.3 Å². The Kier molecular flexibility index (Phi) is 3.59. The van der Waals surface area contributed by atoms with Gasteiger partial charge in [0.25, 0.3) is 0 Å². The molecule has 1 saturated heterocycles. The highest BCUT2D eigenvalue weighted by molar-refractivity contribution is 8.00. The summed E-state index contributed by atoms with van der Waals surface area (Å²) in [5.41, 5.74) is 8.57. The van der Waals surface area contributed by atoms with Crippen LogP contribution in [0.1, 0.15) is 16.5 Å². The van der Waals surface area contributed by atoms with Crippen molar-refractivity contribution in [2.75, 3.05) is 16.4 Å². The van der Waals surface area contributed by atoms with Gasteiger partial charge >= 0.3 is 0 Å². The van der Waals surface area contributed by atoms with Gasteiger partial charge < -0.3 is 5.73 Å². The number of carbonyl (C=O) groups is 1. The van der Waals surface area contributed by atoms with Crippen molar-refractivity contribution in [1.82, 2.24) is 0 Å². The van der Waals surface area contributed by atoms with Gasteiger partial charge in [-0.1, -0.05) is 18.2 Å². The molecule has 0 spiro atoms. The van der Waals surface area contributed by atoms with Gasteiger partial charge in [0.1, 0.15) is 11.2 Å². The average molecular weight is 302 g/mol. The summed E-state index contributed by atoms with van der Waals surface area (Å²) in [5, 5.41) is -0.214. The van der Waals surface area contributed by atoms with Gasteiger partial charge in [-0.25, -0.2) is 4.39 Å². The zero-order chi connectivity index (χ0) is 15.0. The van der Waals surface area contributed by atoms with Crippen molar-refractivity contribution in [3.8, 4) is 0 Å². The lowest BCUT2D eigenvalue weighted by Gasteiger charge is -2.25. The van der Waals surface area contributed by atoms with Crippen LogP contribution in [0.15, 0.2) is 42.5 Å². The van der Waals surface area contributed by atoms with Crippen LogP contribution in [0.2, 0.25) is 0 Å². The SMILES string of the molecule is Cc1ccc(F)c(N2C(=O)CSC2c2ccc(N)cc2)c1. The molecule has 1 amide bonds. The van der Waals surface area contributed by atoms with Crippen molar-refractivity contribution in [2.24, 2.45) is 0 Å². The van der Waals surface area contributed by atoms with Gasteiger partial charge in [-0.05, 0) is 42.3 Å². The summed E-state index contributed by atoms with van der Waals surface area (Å²) in [6.45, 7) is 1.88. The van der Waals surface area contributed by atoms with Crippen molar-refractivity contribution in [3.05, 3.63) is 59.4 Å². The van der Waals surface area contributed by atoms with Gasteiger partial charge in [0.05, 0.1) is 11.4 Å². The molecule has 1 unspecified atom stereocenters. The van der Waals surface area contributed by atoms with Gasteiger partial charge in [-0.15, -0.1) is 11.8 Å². The number of aryl methyl sites for hydroxylation is 1. The number of amides is 1. The van der Waals surface area contributed by atoms with Crippen LogP contribution < -0.4 is 10.6 Å². The fourth-order valence-corrected chi connectivity index (χ4v) is 3.57. The number of benzene rings is 2. The summed E-state index contributed by atoms with van der Waals surface area (Å²) >= 11 is 1.50. The molecule has 0 radical (unpaired) electrons. The Morgan fingerprint density at radius 3 is 2.67 bits per heavy atom. The number of hydrogen-bond acceptors (Lipinski definition) is 3. The number of nitrogens with two attached hydrogens (primary N) is 1. The fourth-order valence-electron chi connectivity index (χ4n) is 2.40. The molecule has 2 aromatic carbocycles. The van der Waals surface area contributed by atoms with Gasteiger partial charge in [-0.2, -0.15) is 0 Å². The molecule has 108 valence electrons. The smallest absolute Gasteiger partial charge is 0.238 e. The van der Waals surface area contributed by atoms with Crippen LogP contribution in [0.25, 0.3) is 0 Å². The molecule has 1 aliphatic heterocycles. The highest BCUT2D eigenvalue weighted by atomic mass is 32.2. The maximum atomic E-state index is 14.1. The number of rotatable bonds is 2. The third-order valence-electron chi connectivity index (χ3n) is 3.45. The third kappa shape index (κ3) is 2.61. The Balaban J connectivity index is 2.03. The van der Waals surface area contributed by atoms with E-state index in [-0.39, 0.29) is 17.1 Å². The number of anilines is 2. The van der Waals surface area contributed by atoms with E-state index in [9.17, 15) is 9.18 Å². The number of nitrogens with zero attached hydrogens (tertiary/aromatic N) is 1. The molecule has 1 heterocycles. The molecular weight excluding hydrogens is 287 g/mol. The van der Waals surface area contributed by atoms with Gasteiger partial charge in [0, 0.05) is 5.69 Å². The normalized spacial score (nSPS) is 18.3. The Labute approximate surface area is 126 Å². The lowest BCUT2D eigenvalue weighted by molar-refractivity contribution is -0.115. The molecule has 1 atom stereocenters. The van der Waals surface area contributed by atoms with E-state index < -0.39 is 0 Å². The first-order valence-electron chi connectivity index (χ1n) is 6.61. The first kappa shape index (κ1) is 13.9. The van der Waals surface area contributed by atoms with E-state index in [2.05, 4.69) is 0 Å². The Hall–Kier alpha value is -2.01. The minimum atomic E-state index is -0.378. The average Bonchev–Trinajstić information content (AvgIpc) is 2.84.